The molecular weight excluding hydrogens is 1020 g/mol. The maximum absolute atomic E-state index is 13.2. The van der Waals surface area contributed by atoms with E-state index in [0.29, 0.717) is 25.7 Å². The van der Waals surface area contributed by atoms with Gasteiger partial charge in [0, 0.05) is 19.3 Å². The van der Waals surface area contributed by atoms with Gasteiger partial charge in [-0.2, -0.15) is 0 Å². The fourth-order valence-corrected chi connectivity index (χ4v) is 8.74. The van der Waals surface area contributed by atoms with Gasteiger partial charge < -0.3 is 39.0 Å². The SMILES string of the molecule is CC/C=C\C/C=C\C/C=C\C/C=C\C/C=C\CCCC(=O)OC1C(OCC(COC(=O)CCCCCCCCC/C=C\C/C=C\C/C=C\CC)OC(=O)CCCCCCCCC/C=C\C/C=C\CCCCC)OC(C(=O)O)C(O)C1O. The molecule has 0 spiro atoms. The molecule has 0 saturated carbocycles. The Bertz CT molecular complexity index is 1870. The van der Waals surface area contributed by atoms with E-state index in [1.807, 2.05) is 12.2 Å². The number of rotatable bonds is 52. The minimum Gasteiger partial charge on any atom is -0.479 e. The van der Waals surface area contributed by atoms with Crippen LogP contribution in [0.5, 0.6) is 0 Å². The highest BCUT2D eigenvalue weighted by atomic mass is 16.7. The van der Waals surface area contributed by atoms with Gasteiger partial charge in [-0.3, -0.25) is 14.4 Å². The van der Waals surface area contributed by atoms with Crippen molar-refractivity contribution in [2.24, 2.45) is 0 Å². The Kier molecular flexibility index (Phi) is 50.9. The Labute approximate surface area is 490 Å². The number of carbonyl (C=O) groups excluding carboxylic acids is 3. The van der Waals surface area contributed by atoms with Crippen LogP contribution in [0.1, 0.15) is 239 Å². The maximum atomic E-state index is 13.2. The second-order valence-corrected chi connectivity index (χ2v) is 20.9. The Balaban J connectivity index is 2.73. The summed E-state index contributed by atoms with van der Waals surface area (Å²) in [7, 11) is 0. The highest BCUT2D eigenvalue weighted by molar-refractivity contribution is 5.74. The molecule has 1 aliphatic rings. The summed E-state index contributed by atoms with van der Waals surface area (Å²) in [6.07, 6.45) is 64.4. The molecule has 12 nitrogen and oxygen atoms in total. The molecule has 12 heteroatoms. The first-order chi connectivity index (χ1) is 39.6. The number of aliphatic hydroxyl groups excluding tert-OH is 2. The Morgan fingerprint density at radius 2 is 0.790 bits per heavy atom. The first-order valence-electron chi connectivity index (χ1n) is 31.5. The van der Waals surface area contributed by atoms with Crippen molar-refractivity contribution in [1.82, 2.24) is 0 Å². The predicted octanol–water partition coefficient (Wildman–Crippen LogP) is 16.8. The largest absolute Gasteiger partial charge is 0.479 e. The smallest absolute Gasteiger partial charge is 0.335 e. The normalized spacial score (nSPS) is 18.6. The van der Waals surface area contributed by atoms with E-state index in [-0.39, 0.29) is 25.9 Å². The van der Waals surface area contributed by atoms with E-state index in [4.69, 9.17) is 23.7 Å². The lowest BCUT2D eigenvalue weighted by Gasteiger charge is -2.40. The minimum atomic E-state index is -1.93. The zero-order valence-corrected chi connectivity index (χ0v) is 50.5. The number of carboxylic acids is 1. The highest BCUT2D eigenvalue weighted by Gasteiger charge is 2.50. The highest BCUT2D eigenvalue weighted by Crippen LogP contribution is 2.26. The topological polar surface area (TPSA) is 175 Å². The van der Waals surface area contributed by atoms with E-state index in [1.54, 1.807) is 0 Å². The van der Waals surface area contributed by atoms with Crippen molar-refractivity contribution < 1.29 is 58.2 Å². The molecule has 1 rings (SSSR count). The zero-order chi connectivity index (χ0) is 58.9. The molecule has 0 aromatic carbocycles. The van der Waals surface area contributed by atoms with Crippen molar-refractivity contribution in [3.05, 3.63) is 122 Å². The summed E-state index contributed by atoms with van der Waals surface area (Å²) < 4.78 is 28.4. The van der Waals surface area contributed by atoms with Gasteiger partial charge in [-0.1, -0.05) is 219 Å². The molecule has 1 saturated heterocycles. The third-order valence-corrected chi connectivity index (χ3v) is 13.5. The molecule has 0 radical (unpaired) electrons. The number of aliphatic carboxylic acids is 1. The van der Waals surface area contributed by atoms with Gasteiger partial charge in [0.15, 0.2) is 24.6 Å². The molecule has 458 valence electrons. The summed E-state index contributed by atoms with van der Waals surface area (Å²) in [5.74, 6) is -3.23. The Morgan fingerprint density at radius 1 is 0.420 bits per heavy atom. The van der Waals surface area contributed by atoms with E-state index in [1.165, 1.54) is 25.7 Å². The standard InChI is InChI=1S/C69H110O12/c1-4-7-10-13-16-19-22-25-28-31-34-37-40-43-46-49-52-55-61(70)77-58-60(79-62(71)56-53-50-47-44-41-38-35-32-29-26-23-20-17-14-11-8-5-2)59-78-69-67(65(74)64(73)66(81-69)68(75)76)80-63(72)57-54-51-48-45-42-39-36-33-30-27-24-21-18-15-12-9-6-3/h7,9-10,12,16-21,25-30,36,39,45,48,60,64-67,69,73-74H,4-6,8,11,13-15,22-24,31-35,37-38,40-44,46-47,49-59H2,1-3H3,(H,75,76)/b10-7-,12-9-,19-16-,20-17-,21-18-,28-25-,29-26-,30-27-,39-36-,48-45-. The number of carbonyl (C=O) groups is 4. The second kappa shape index (κ2) is 55.6. The van der Waals surface area contributed by atoms with Crippen LogP contribution in [0.25, 0.3) is 0 Å². The van der Waals surface area contributed by atoms with Gasteiger partial charge >= 0.3 is 23.9 Å². The number of allylic oxidation sites excluding steroid dienone is 20. The van der Waals surface area contributed by atoms with Crippen LogP contribution < -0.4 is 0 Å². The second-order valence-electron chi connectivity index (χ2n) is 20.9. The molecule has 1 fully saturated rings. The van der Waals surface area contributed by atoms with E-state index in [0.717, 1.165) is 148 Å². The Morgan fingerprint density at radius 3 is 1.22 bits per heavy atom. The fraction of sp³-hybridized carbons (Fsp3) is 0.652. The lowest BCUT2D eigenvalue weighted by Crippen LogP contribution is -2.61. The number of aliphatic hydroxyl groups is 2. The van der Waals surface area contributed by atoms with E-state index in [9.17, 15) is 34.5 Å². The van der Waals surface area contributed by atoms with Crippen molar-refractivity contribution in [2.45, 2.75) is 276 Å². The summed E-state index contributed by atoms with van der Waals surface area (Å²) in [6.45, 7) is 5.71. The van der Waals surface area contributed by atoms with Gasteiger partial charge in [0.25, 0.3) is 0 Å². The van der Waals surface area contributed by atoms with Crippen LogP contribution >= 0.6 is 0 Å². The van der Waals surface area contributed by atoms with Crippen LogP contribution in [-0.4, -0.2) is 89.2 Å². The number of ether oxygens (including phenoxy) is 5. The molecule has 81 heavy (non-hydrogen) atoms. The van der Waals surface area contributed by atoms with Crippen molar-refractivity contribution in [1.29, 1.82) is 0 Å². The van der Waals surface area contributed by atoms with Crippen LogP contribution in [-0.2, 0) is 42.9 Å². The van der Waals surface area contributed by atoms with Crippen LogP contribution in [0.2, 0.25) is 0 Å². The van der Waals surface area contributed by atoms with Gasteiger partial charge in [0.2, 0.25) is 0 Å². The molecule has 0 aliphatic carbocycles. The first kappa shape index (κ1) is 74.1. The maximum Gasteiger partial charge on any atom is 0.335 e. The van der Waals surface area contributed by atoms with Gasteiger partial charge in [-0.25, -0.2) is 4.79 Å². The summed E-state index contributed by atoms with van der Waals surface area (Å²) in [5, 5.41) is 31.5. The molecule has 3 N–H and O–H groups in total. The third kappa shape index (κ3) is 45.3. The summed E-state index contributed by atoms with van der Waals surface area (Å²) in [5.41, 5.74) is 0. The van der Waals surface area contributed by atoms with Gasteiger partial charge in [-0.05, 0) is 122 Å². The van der Waals surface area contributed by atoms with Crippen LogP contribution in [0.15, 0.2) is 122 Å². The molecule has 6 atom stereocenters. The summed E-state index contributed by atoms with van der Waals surface area (Å²) in [6, 6.07) is 0. The minimum absolute atomic E-state index is 0.0255. The van der Waals surface area contributed by atoms with Crippen LogP contribution in [0, 0.1) is 0 Å². The van der Waals surface area contributed by atoms with Crippen molar-refractivity contribution in [3.63, 3.8) is 0 Å². The van der Waals surface area contributed by atoms with Crippen LogP contribution in [0.4, 0.5) is 0 Å². The molecule has 0 bridgehead atoms. The molecule has 0 aromatic heterocycles. The van der Waals surface area contributed by atoms with E-state index in [2.05, 4.69) is 130 Å². The van der Waals surface area contributed by atoms with E-state index >= 15 is 0 Å². The lowest BCUT2D eigenvalue weighted by atomic mass is 9.98. The summed E-state index contributed by atoms with van der Waals surface area (Å²) in [4.78, 5) is 51.3. The first-order valence-corrected chi connectivity index (χ1v) is 31.5. The monoisotopic (exact) mass is 1130 g/mol. The van der Waals surface area contributed by atoms with Gasteiger partial charge in [0.05, 0.1) is 6.61 Å². The fourth-order valence-electron chi connectivity index (χ4n) is 8.74. The number of hydrogen-bond acceptors (Lipinski definition) is 11. The molecular formula is C69H110O12. The van der Waals surface area contributed by atoms with Crippen molar-refractivity contribution in [3.8, 4) is 0 Å². The molecule has 1 aliphatic heterocycles. The van der Waals surface area contributed by atoms with Crippen molar-refractivity contribution in [2.75, 3.05) is 13.2 Å². The quantitative estimate of drug-likeness (QED) is 0.0228. The number of carboxylic acid groups (broad SMARTS) is 1. The zero-order valence-electron chi connectivity index (χ0n) is 50.5. The number of hydrogen-bond donors (Lipinski definition) is 3. The molecule has 1 heterocycles. The number of esters is 3. The molecule has 0 aromatic rings. The summed E-state index contributed by atoms with van der Waals surface area (Å²) >= 11 is 0. The average Bonchev–Trinajstić information content (AvgIpc) is 3.53. The molecule has 0 amide bonds. The van der Waals surface area contributed by atoms with E-state index < -0.39 is 67.3 Å². The average molecular weight is 1130 g/mol. The lowest BCUT2D eigenvalue weighted by molar-refractivity contribution is -0.301. The van der Waals surface area contributed by atoms with Crippen LogP contribution in [0.3, 0.4) is 0 Å². The predicted molar refractivity (Wildman–Crippen MR) is 330 cm³/mol. The molecule has 6 unspecified atom stereocenters. The van der Waals surface area contributed by atoms with Crippen molar-refractivity contribution >= 4 is 23.9 Å². The Hall–Kier alpha value is -4.88. The van der Waals surface area contributed by atoms with Gasteiger partial charge in [-0.15, -0.1) is 0 Å². The number of unbranched alkanes of at least 4 members (excludes halogenated alkanes) is 18. The van der Waals surface area contributed by atoms with Gasteiger partial charge in [0.1, 0.15) is 18.8 Å². The third-order valence-electron chi connectivity index (χ3n) is 13.5.